The lowest BCUT2D eigenvalue weighted by Crippen LogP contribution is -2.28. The standard InChI is InChI=1S/C13H17N3/c1-9-5-12-13(16-8-15-12)6-11(9)10-3-2-4-14-7-10/h5-6,8,10,14H,2-4,7H2,1H3,(H,15,16). The summed E-state index contributed by atoms with van der Waals surface area (Å²) in [6.45, 7) is 4.47. The second kappa shape index (κ2) is 3.91. The molecule has 0 aliphatic carbocycles. The molecular weight excluding hydrogens is 198 g/mol. The Morgan fingerprint density at radius 1 is 1.38 bits per heavy atom. The van der Waals surface area contributed by atoms with Crippen LogP contribution < -0.4 is 5.32 Å². The first-order chi connectivity index (χ1) is 7.84. The number of fused-ring (bicyclic) bond motifs is 1. The summed E-state index contributed by atoms with van der Waals surface area (Å²) in [5.74, 6) is 0.662. The number of aromatic amines is 1. The lowest BCUT2D eigenvalue weighted by molar-refractivity contribution is 0.460. The van der Waals surface area contributed by atoms with E-state index in [2.05, 4.69) is 34.3 Å². The third-order valence-electron chi connectivity index (χ3n) is 3.54. The number of nitrogens with zero attached hydrogens (tertiary/aromatic N) is 1. The molecule has 1 saturated heterocycles. The van der Waals surface area contributed by atoms with Gasteiger partial charge in [-0.25, -0.2) is 4.98 Å². The van der Waals surface area contributed by atoms with Crippen LogP contribution >= 0.6 is 0 Å². The Morgan fingerprint density at radius 2 is 2.31 bits per heavy atom. The molecule has 3 nitrogen and oxygen atoms in total. The molecule has 2 N–H and O–H groups in total. The molecule has 0 saturated carbocycles. The molecule has 1 aromatic carbocycles. The van der Waals surface area contributed by atoms with Gasteiger partial charge in [0.2, 0.25) is 0 Å². The van der Waals surface area contributed by atoms with Gasteiger partial charge in [-0.1, -0.05) is 0 Å². The maximum atomic E-state index is 4.34. The Labute approximate surface area is 95.3 Å². The first kappa shape index (κ1) is 9.85. The third kappa shape index (κ3) is 1.61. The van der Waals surface area contributed by atoms with Gasteiger partial charge in [0.25, 0.3) is 0 Å². The molecule has 2 heterocycles. The van der Waals surface area contributed by atoms with Gasteiger partial charge in [-0.05, 0) is 55.5 Å². The predicted octanol–water partition coefficient (Wildman–Crippen LogP) is 2.34. The van der Waals surface area contributed by atoms with Crippen LogP contribution in [0, 0.1) is 6.92 Å². The van der Waals surface area contributed by atoms with Crippen molar-refractivity contribution in [2.75, 3.05) is 13.1 Å². The van der Waals surface area contributed by atoms with Crippen LogP contribution in [0.5, 0.6) is 0 Å². The van der Waals surface area contributed by atoms with Gasteiger partial charge >= 0.3 is 0 Å². The number of rotatable bonds is 1. The molecule has 1 aliphatic rings. The number of aromatic nitrogens is 2. The number of hydrogen-bond donors (Lipinski definition) is 2. The normalized spacial score (nSPS) is 21.4. The number of H-pyrrole nitrogens is 1. The fourth-order valence-corrected chi connectivity index (χ4v) is 2.66. The lowest BCUT2D eigenvalue weighted by Gasteiger charge is -2.24. The van der Waals surface area contributed by atoms with Gasteiger partial charge in [0.1, 0.15) is 0 Å². The van der Waals surface area contributed by atoms with E-state index in [-0.39, 0.29) is 0 Å². The first-order valence-electron chi connectivity index (χ1n) is 5.99. The highest BCUT2D eigenvalue weighted by atomic mass is 14.9. The van der Waals surface area contributed by atoms with E-state index < -0.39 is 0 Å². The second-order valence-electron chi connectivity index (χ2n) is 4.67. The van der Waals surface area contributed by atoms with Crippen molar-refractivity contribution < 1.29 is 0 Å². The minimum atomic E-state index is 0.662. The second-order valence-corrected chi connectivity index (χ2v) is 4.67. The largest absolute Gasteiger partial charge is 0.345 e. The molecule has 1 unspecified atom stereocenters. The Bertz CT molecular complexity index is 495. The van der Waals surface area contributed by atoms with Gasteiger partial charge < -0.3 is 10.3 Å². The van der Waals surface area contributed by atoms with E-state index in [1.165, 1.54) is 30.5 Å². The summed E-state index contributed by atoms with van der Waals surface area (Å²) < 4.78 is 0. The van der Waals surface area contributed by atoms with E-state index in [1.54, 1.807) is 6.33 Å². The first-order valence-corrected chi connectivity index (χ1v) is 5.99. The summed E-state index contributed by atoms with van der Waals surface area (Å²) in [5.41, 5.74) is 5.08. The van der Waals surface area contributed by atoms with Crippen LogP contribution in [0.3, 0.4) is 0 Å². The highest BCUT2D eigenvalue weighted by molar-refractivity contribution is 5.76. The summed E-state index contributed by atoms with van der Waals surface area (Å²) in [4.78, 5) is 7.50. The molecule has 84 valence electrons. The van der Waals surface area contributed by atoms with Gasteiger partial charge in [0, 0.05) is 6.54 Å². The highest BCUT2D eigenvalue weighted by Gasteiger charge is 2.17. The quantitative estimate of drug-likeness (QED) is 0.766. The fourth-order valence-electron chi connectivity index (χ4n) is 2.66. The zero-order valence-corrected chi connectivity index (χ0v) is 9.59. The summed E-state index contributed by atoms with van der Waals surface area (Å²) in [6, 6.07) is 4.46. The van der Waals surface area contributed by atoms with E-state index >= 15 is 0 Å². The number of hydrogen-bond acceptors (Lipinski definition) is 2. The van der Waals surface area contributed by atoms with Crippen LogP contribution in [0.1, 0.15) is 29.9 Å². The molecule has 1 atom stereocenters. The molecular formula is C13H17N3. The summed E-state index contributed by atoms with van der Waals surface area (Å²) >= 11 is 0. The molecule has 0 spiro atoms. The lowest BCUT2D eigenvalue weighted by atomic mass is 9.88. The van der Waals surface area contributed by atoms with Crippen molar-refractivity contribution in [2.24, 2.45) is 0 Å². The summed E-state index contributed by atoms with van der Waals surface area (Å²) in [5, 5.41) is 3.47. The minimum absolute atomic E-state index is 0.662. The van der Waals surface area contributed by atoms with Gasteiger partial charge in [-0.15, -0.1) is 0 Å². The zero-order chi connectivity index (χ0) is 11.0. The van der Waals surface area contributed by atoms with Crippen molar-refractivity contribution in [1.29, 1.82) is 0 Å². The molecule has 3 heteroatoms. The van der Waals surface area contributed by atoms with E-state index in [0.717, 1.165) is 17.6 Å². The van der Waals surface area contributed by atoms with Crippen LogP contribution in [0.15, 0.2) is 18.5 Å². The monoisotopic (exact) mass is 215 g/mol. The van der Waals surface area contributed by atoms with Crippen molar-refractivity contribution in [3.8, 4) is 0 Å². The van der Waals surface area contributed by atoms with E-state index in [9.17, 15) is 0 Å². The molecule has 0 amide bonds. The molecule has 3 rings (SSSR count). The van der Waals surface area contributed by atoms with Gasteiger partial charge in [0.05, 0.1) is 17.4 Å². The van der Waals surface area contributed by atoms with Crippen LogP contribution in [0.2, 0.25) is 0 Å². The number of piperidine rings is 1. The predicted molar refractivity (Wildman–Crippen MR) is 65.7 cm³/mol. The van der Waals surface area contributed by atoms with Crippen LogP contribution in [-0.2, 0) is 0 Å². The number of benzene rings is 1. The SMILES string of the molecule is Cc1cc2[nH]cnc2cc1C1CCCNC1. The zero-order valence-electron chi connectivity index (χ0n) is 9.59. The molecule has 16 heavy (non-hydrogen) atoms. The van der Waals surface area contributed by atoms with Crippen molar-refractivity contribution in [3.05, 3.63) is 29.6 Å². The molecule has 0 bridgehead atoms. The third-order valence-corrected chi connectivity index (χ3v) is 3.54. The number of aryl methyl sites for hydroxylation is 1. The van der Waals surface area contributed by atoms with Crippen LogP contribution in [-0.4, -0.2) is 23.1 Å². The Kier molecular flexibility index (Phi) is 2.40. The maximum Gasteiger partial charge on any atom is 0.0931 e. The fraction of sp³-hybridized carbons (Fsp3) is 0.462. The summed E-state index contributed by atoms with van der Waals surface area (Å²) in [6.07, 6.45) is 4.35. The maximum absolute atomic E-state index is 4.34. The molecule has 1 aliphatic heterocycles. The van der Waals surface area contributed by atoms with Crippen LogP contribution in [0.4, 0.5) is 0 Å². The van der Waals surface area contributed by atoms with E-state index in [4.69, 9.17) is 0 Å². The molecule has 1 fully saturated rings. The average Bonchev–Trinajstić information content (AvgIpc) is 2.76. The summed E-state index contributed by atoms with van der Waals surface area (Å²) in [7, 11) is 0. The number of nitrogens with one attached hydrogen (secondary N) is 2. The Morgan fingerprint density at radius 3 is 3.12 bits per heavy atom. The molecule has 2 aromatic rings. The molecule has 1 aromatic heterocycles. The van der Waals surface area contributed by atoms with Crippen molar-refractivity contribution in [1.82, 2.24) is 15.3 Å². The van der Waals surface area contributed by atoms with Gasteiger partial charge in [0.15, 0.2) is 0 Å². The van der Waals surface area contributed by atoms with Crippen molar-refractivity contribution in [3.63, 3.8) is 0 Å². The van der Waals surface area contributed by atoms with Gasteiger partial charge in [-0.2, -0.15) is 0 Å². The smallest absolute Gasteiger partial charge is 0.0931 e. The van der Waals surface area contributed by atoms with Gasteiger partial charge in [-0.3, -0.25) is 0 Å². The molecule has 0 radical (unpaired) electrons. The Balaban J connectivity index is 2.03. The van der Waals surface area contributed by atoms with Crippen molar-refractivity contribution >= 4 is 11.0 Å². The Hall–Kier alpha value is -1.35. The topological polar surface area (TPSA) is 40.7 Å². The van der Waals surface area contributed by atoms with E-state index in [1.807, 2.05) is 0 Å². The van der Waals surface area contributed by atoms with Crippen LogP contribution in [0.25, 0.3) is 11.0 Å². The average molecular weight is 215 g/mol. The number of imidazole rings is 1. The van der Waals surface area contributed by atoms with E-state index in [0.29, 0.717) is 5.92 Å². The highest BCUT2D eigenvalue weighted by Crippen LogP contribution is 2.28. The minimum Gasteiger partial charge on any atom is -0.345 e. The van der Waals surface area contributed by atoms with Crippen molar-refractivity contribution in [2.45, 2.75) is 25.7 Å².